The van der Waals surface area contributed by atoms with Crippen LogP contribution in [0.5, 0.6) is 11.5 Å². The van der Waals surface area contributed by atoms with E-state index < -0.39 is 0 Å². The van der Waals surface area contributed by atoms with E-state index in [-0.39, 0.29) is 18.4 Å². The van der Waals surface area contributed by atoms with Gasteiger partial charge in [0.15, 0.2) is 11.5 Å². The van der Waals surface area contributed by atoms with Crippen LogP contribution < -0.4 is 25.0 Å². The van der Waals surface area contributed by atoms with Crippen molar-refractivity contribution in [3.8, 4) is 11.5 Å². The molecule has 3 rings (SSSR count). The monoisotopic (exact) mass is 397 g/mol. The Balaban J connectivity index is 1.45. The molecule has 0 aromatic heterocycles. The van der Waals surface area contributed by atoms with Crippen molar-refractivity contribution >= 4 is 17.5 Å². The largest absolute Gasteiger partial charge is 0.493 e. The highest BCUT2D eigenvalue weighted by Crippen LogP contribution is 2.27. The molecule has 2 aromatic rings. The Bertz CT molecular complexity index is 846. The summed E-state index contributed by atoms with van der Waals surface area (Å²) in [7, 11) is 3.03. The van der Waals surface area contributed by atoms with Gasteiger partial charge in [-0.15, -0.1) is 0 Å². The fraction of sp³-hybridized carbons (Fsp3) is 0.364. The summed E-state index contributed by atoms with van der Waals surface area (Å²) < 4.78 is 10.3. The van der Waals surface area contributed by atoms with E-state index in [1.54, 1.807) is 18.2 Å². The molecule has 29 heavy (non-hydrogen) atoms. The minimum Gasteiger partial charge on any atom is -0.493 e. The third kappa shape index (κ3) is 5.40. The number of hydrogen-bond acceptors (Lipinski definition) is 5. The predicted octanol–water partition coefficient (Wildman–Crippen LogP) is 2.35. The lowest BCUT2D eigenvalue weighted by Crippen LogP contribution is -2.36. The molecule has 0 aliphatic carbocycles. The standard InChI is InChI=1S/C22H27N3O4/c1-28-19-10-7-17(13-20(19)29-2)22(27)24-15-21(26)23-14-16-5-8-18(9-6-16)25-11-3-4-12-25/h5-10,13H,3-4,11-12,14-15H2,1-2H3,(H,23,26)(H,24,27). The van der Waals surface area contributed by atoms with Crippen LogP contribution in [-0.2, 0) is 11.3 Å². The zero-order valence-electron chi connectivity index (χ0n) is 16.9. The number of nitrogens with zero attached hydrogens (tertiary/aromatic N) is 1. The Labute approximate surface area is 171 Å². The molecule has 1 heterocycles. The summed E-state index contributed by atoms with van der Waals surface area (Å²) in [4.78, 5) is 26.7. The van der Waals surface area contributed by atoms with Crippen molar-refractivity contribution < 1.29 is 19.1 Å². The minimum absolute atomic E-state index is 0.0982. The van der Waals surface area contributed by atoms with Crippen molar-refractivity contribution in [3.63, 3.8) is 0 Å². The van der Waals surface area contributed by atoms with Crippen LogP contribution in [0, 0.1) is 0 Å². The molecule has 7 heteroatoms. The summed E-state index contributed by atoms with van der Waals surface area (Å²) in [5.41, 5.74) is 2.64. The van der Waals surface area contributed by atoms with E-state index >= 15 is 0 Å². The lowest BCUT2D eigenvalue weighted by molar-refractivity contribution is -0.120. The van der Waals surface area contributed by atoms with Crippen molar-refractivity contribution in [1.82, 2.24) is 10.6 Å². The highest BCUT2D eigenvalue weighted by molar-refractivity contribution is 5.97. The third-order valence-corrected chi connectivity index (χ3v) is 4.95. The molecule has 1 fully saturated rings. The van der Waals surface area contributed by atoms with E-state index in [2.05, 4.69) is 27.7 Å². The summed E-state index contributed by atoms with van der Waals surface area (Å²) in [6, 6.07) is 13.1. The maximum Gasteiger partial charge on any atom is 0.251 e. The average molecular weight is 397 g/mol. The van der Waals surface area contributed by atoms with E-state index in [1.165, 1.54) is 32.7 Å². The molecular formula is C22H27N3O4. The van der Waals surface area contributed by atoms with Crippen LogP contribution >= 0.6 is 0 Å². The molecule has 7 nitrogen and oxygen atoms in total. The number of anilines is 1. The van der Waals surface area contributed by atoms with Crippen molar-refractivity contribution in [3.05, 3.63) is 53.6 Å². The molecule has 0 atom stereocenters. The van der Waals surface area contributed by atoms with Gasteiger partial charge in [-0.1, -0.05) is 12.1 Å². The average Bonchev–Trinajstić information content (AvgIpc) is 3.30. The smallest absolute Gasteiger partial charge is 0.251 e. The maximum atomic E-state index is 12.3. The normalized spacial score (nSPS) is 13.1. The van der Waals surface area contributed by atoms with Gasteiger partial charge in [-0.2, -0.15) is 0 Å². The zero-order valence-corrected chi connectivity index (χ0v) is 16.9. The molecular weight excluding hydrogens is 370 g/mol. The highest BCUT2D eigenvalue weighted by atomic mass is 16.5. The minimum atomic E-state index is -0.351. The fourth-order valence-corrected chi connectivity index (χ4v) is 3.30. The van der Waals surface area contributed by atoms with E-state index in [4.69, 9.17) is 9.47 Å². The lowest BCUT2D eigenvalue weighted by atomic mass is 10.2. The fourth-order valence-electron chi connectivity index (χ4n) is 3.30. The lowest BCUT2D eigenvalue weighted by Gasteiger charge is -2.17. The van der Waals surface area contributed by atoms with Crippen molar-refractivity contribution in [2.75, 3.05) is 38.8 Å². The topological polar surface area (TPSA) is 79.9 Å². The number of rotatable bonds is 8. The van der Waals surface area contributed by atoms with Gasteiger partial charge in [-0.05, 0) is 48.7 Å². The van der Waals surface area contributed by atoms with Gasteiger partial charge in [0.1, 0.15) is 0 Å². The maximum absolute atomic E-state index is 12.3. The Morgan fingerprint density at radius 2 is 1.62 bits per heavy atom. The van der Waals surface area contributed by atoms with Gasteiger partial charge < -0.3 is 25.0 Å². The van der Waals surface area contributed by atoms with Crippen molar-refractivity contribution in [1.29, 1.82) is 0 Å². The summed E-state index contributed by atoms with van der Waals surface area (Å²) in [5.74, 6) is 0.401. The Hall–Kier alpha value is -3.22. The molecule has 0 spiro atoms. The molecule has 1 aliphatic rings. The molecule has 0 saturated carbocycles. The van der Waals surface area contributed by atoms with Gasteiger partial charge in [0, 0.05) is 30.9 Å². The summed E-state index contributed by atoms with van der Waals surface area (Å²) in [6.07, 6.45) is 2.49. The molecule has 1 saturated heterocycles. The van der Waals surface area contributed by atoms with Crippen LogP contribution in [-0.4, -0.2) is 45.7 Å². The number of nitrogens with one attached hydrogen (secondary N) is 2. The first-order valence-corrected chi connectivity index (χ1v) is 9.71. The second kappa shape index (κ2) is 9.82. The van der Waals surface area contributed by atoms with E-state index in [0.717, 1.165) is 18.7 Å². The van der Waals surface area contributed by atoms with Crippen LogP contribution in [0.25, 0.3) is 0 Å². The molecule has 2 amide bonds. The molecule has 154 valence electrons. The molecule has 0 unspecified atom stereocenters. The first kappa shape index (κ1) is 20.5. The second-order valence-electron chi connectivity index (χ2n) is 6.89. The first-order valence-electron chi connectivity index (χ1n) is 9.71. The van der Waals surface area contributed by atoms with Crippen molar-refractivity contribution in [2.45, 2.75) is 19.4 Å². The summed E-state index contributed by atoms with van der Waals surface area (Å²) >= 11 is 0. The van der Waals surface area contributed by atoms with Crippen LogP contribution in [0.1, 0.15) is 28.8 Å². The number of benzene rings is 2. The third-order valence-electron chi connectivity index (χ3n) is 4.95. The Kier molecular flexibility index (Phi) is 6.94. The van der Waals surface area contributed by atoms with Crippen LogP contribution in [0.3, 0.4) is 0 Å². The Morgan fingerprint density at radius 3 is 2.28 bits per heavy atom. The van der Waals surface area contributed by atoms with Crippen LogP contribution in [0.4, 0.5) is 5.69 Å². The van der Waals surface area contributed by atoms with E-state index in [9.17, 15) is 9.59 Å². The quantitative estimate of drug-likeness (QED) is 0.715. The summed E-state index contributed by atoms with van der Waals surface area (Å²) in [5, 5.41) is 5.44. The molecule has 1 aliphatic heterocycles. The van der Waals surface area contributed by atoms with Crippen molar-refractivity contribution in [2.24, 2.45) is 0 Å². The van der Waals surface area contributed by atoms with Crippen LogP contribution in [0.15, 0.2) is 42.5 Å². The van der Waals surface area contributed by atoms with Gasteiger partial charge >= 0.3 is 0 Å². The number of carbonyl (C=O) groups excluding carboxylic acids is 2. The van der Waals surface area contributed by atoms with Gasteiger partial charge in [-0.25, -0.2) is 0 Å². The van der Waals surface area contributed by atoms with Gasteiger partial charge in [-0.3, -0.25) is 9.59 Å². The first-order chi connectivity index (χ1) is 14.1. The van der Waals surface area contributed by atoms with E-state index in [0.29, 0.717) is 23.6 Å². The highest BCUT2D eigenvalue weighted by Gasteiger charge is 2.13. The predicted molar refractivity (Wildman–Crippen MR) is 112 cm³/mol. The number of methoxy groups -OCH3 is 2. The zero-order chi connectivity index (χ0) is 20.6. The van der Waals surface area contributed by atoms with Gasteiger partial charge in [0.05, 0.1) is 20.8 Å². The molecule has 0 radical (unpaired) electrons. The SMILES string of the molecule is COc1ccc(C(=O)NCC(=O)NCc2ccc(N3CCCC3)cc2)cc1OC. The second-order valence-corrected chi connectivity index (χ2v) is 6.89. The van der Waals surface area contributed by atoms with Gasteiger partial charge in [0.2, 0.25) is 5.91 Å². The van der Waals surface area contributed by atoms with Crippen LogP contribution in [0.2, 0.25) is 0 Å². The Morgan fingerprint density at radius 1 is 0.931 bits per heavy atom. The molecule has 0 bridgehead atoms. The number of amides is 2. The number of ether oxygens (including phenoxy) is 2. The van der Waals surface area contributed by atoms with E-state index in [1.807, 2.05) is 12.1 Å². The van der Waals surface area contributed by atoms with Gasteiger partial charge in [0.25, 0.3) is 5.91 Å². The molecule has 2 N–H and O–H groups in total. The molecule has 2 aromatic carbocycles. The number of hydrogen-bond donors (Lipinski definition) is 2. The number of carbonyl (C=O) groups is 2. The summed E-state index contributed by atoms with van der Waals surface area (Å²) in [6.45, 7) is 2.54.